The number of nitrogens with one attached hydrogen (secondary N) is 2. The van der Waals surface area contributed by atoms with E-state index in [1.165, 1.54) is 0 Å². The zero-order chi connectivity index (χ0) is 24.1. The lowest BCUT2D eigenvalue weighted by atomic mass is 9.77. The maximum absolute atomic E-state index is 12.1. The van der Waals surface area contributed by atoms with Crippen LogP contribution in [0, 0.1) is 0 Å². The van der Waals surface area contributed by atoms with Crippen molar-refractivity contribution in [1.82, 2.24) is 29.5 Å². The summed E-state index contributed by atoms with van der Waals surface area (Å²) in [4.78, 5) is 16.7. The maximum atomic E-state index is 12.1. The van der Waals surface area contributed by atoms with Gasteiger partial charge in [-0.2, -0.15) is 10.1 Å². The van der Waals surface area contributed by atoms with E-state index in [2.05, 4.69) is 31.9 Å². The lowest BCUT2D eigenvalue weighted by Gasteiger charge is -2.44. The molecule has 0 radical (unpaired) electrons. The van der Waals surface area contributed by atoms with E-state index in [4.69, 9.17) is 9.47 Å². The Morgan fingerprint density at radius 2 is 1.94 bits per heavy atom. The second-order valence-corrected chi connectivity index (χ2v) is 10.0. The van der Waals surface area contributed by atoms with Crippen LogP contribution in [0.1, 0.15) is 40.5 Å². The fourth-order valence-corrected chi connectivity index (χ4v) is 4.42. The molecular formula is C24H29N7O3. The number of nitrogens with zero attached hydrogens (tertiary/aromatic N) is 5. The summed E-state index contributed by atoms with van der Waals surface area (Å²) >= 11 is 0. The van der Waals surface area contributed by atoms with Gasteiger partial charge in [-0.25, -0.2) is 13.8 Å². The van der Waals surface area contributed by atoms with Crippen LogP contribution in [-0.4, -0.2) is 54.6 Å². The number of aromatic nitrogens is 5. The molecule has 4 aromatic rings. The molecule has 0 unspecified atom stereocenters. The molecule has 0 spiro atoms. The summed E-state index contributed by atoms with van der Waals surface area (Å²) in [7, 11) is 1.60. The molecule has 5 rings (SSSR count). The fourth-order valence-electron chi connectivity index (χ4n) is 4.42. The highest BCUT2D eigenvalue weighted by Crippen LogP contribution is 2.38. The van der Waals surface area contributed by atoms with Gasteiger partial charge in [-0.05, 0) is 57.5 Å². The van der Waals surface area contributed by atoms with Gasteiger partial charge in [-0.3, -0.25) is 0 Å². The van der Waals surface area contributed by atoms with Crippen molar-refractivity contribution in [3.05, 3.63) is 42.9 Å². The Morgan fingerprint density at radius 3 is 2.68 bits per heavy atom. The Labute approximate surface area is 197 Å². The van der Waals surface area contributed by atoms with Gasteiger partial charge in [0.25, 0.3) is 0 Å². The van der Waals surface area contributed by atoms with Crippen LogP contribution in [0.25, 0.3) is 22.2 Å². The molecule has 1 aliphatic carbocycles. The van der Waals surface area contributed by atoms with Gasteiger partial charge < -0.3 is 20.1 Å². The molecular weight excluding hydrogens is 434 g/mol. The largest absolute Gasteiger partial charge is 0.479 e. The standard InChI is InChI=1S/C24H29N7O3/c1-23(2,3)28-22(32)34-24(4)13-16(14-24)26-21-27-20(33-5)19-18(8-11-31(19)29-21)15-7-10-30-17(12-15)6-9-25-30/h6-12,16H,13-14H2,1-5H3,(H,26,29)(H,28,32). The molecule has 1 fully saturated rings. The number of alkyl carbamates (subject to hydrolysis) is 1. The molecule has 0 bridgehead atoms. The van der Waals surface area contributed by atoms with Gasteiger partial charge in [0.05, 0.1) is 12.6 Å². The van der Waals surface area contributed by atoms with Crippen LogP contribution < -0.4 is 15.4 Å². The minimum Gasteiger partial charge on any atom is -0.479 e. The number of anilines is 1. The van der Waals surface area contributed by atoms with Crippen molar-refractivity contribution in [3.8, 4) is 17.0 Å². The van der Waals surface area contributed by atoms with Crippen LogP contribution in [0.3, 0.4) is 0 Å². The molecule has 178 valence electrons. The molecule has 1 saturated carbocycles. The van der Waals surface area contributed by atoms with Gasteiger partial charge in [-0.15, -0.1) is 5.10 Å². The van der Waals surface area contributed by atoms with Crippen LogP contribution in [0.5, 0.6) is 5.88 Å². The minimum absolute atomic E-state index is 0.0916. The van der Waals surface area contributed by atoms with Crippen LogP contribution in [-0.2, 0) is 4.74 Å². The first-order valence-electron chi connectivity index (χ1n) is 11.3. The molecule has 0 aliphatic heterocycles. The van der Waals surface area contributed by atoms with Crippen molar-refractivity contribution in [3.63, 3.8) is 0 Å². The average molecular weight is 464 g/mol. The molecule has 1 amide bonds. The van der Waals surface area contributed by atoms with E-state index in [9.17, 15) is 4.79 Å². The number of carbonyl (C=O) groups is 1. The third kappa shape index (κ3) is 4.23. The van der Waals surface area contributed by atoms with Crippen molar-refractivity contribution in [2.75, 3.05) is 12.4 Å². The van der Waals surface area contributed by atoms with E-state index in [0.29, 0.717) is 24.7 Å². The molecule has 2 N–H and O–H groups in total. The highest BCUT2D eigenvalue weighted by atomic mass is 16.6. The Bertz CT molecular complexity index is 1360. The highest BCUT2D eigenvalue weighted by Gasteiger charge is 2.44. The van der Waals surface area contributed by atoms with Gasteiger partial charge in [0.1, 0.15) is 11.1 Å². The first kappa shape index (κ1) is 22.0. The number of pyridine rings is 1. The third-order valence-electron chi connectivity index (χ3n) is 5.89. The van der Waals surface area contributed by atoms with E-state index in [-0.39, 0.29) is 11.6 Å². The number of fused-ring (bicyclic) bond motifs is 2. The Morgan fingerprint density at radius 1 is 1.18 bits per heavy atom. The van der Waals surface area contributed by atoms with Crippen molar-refractivity contribution >= 4 is 23.1 Å². The fraction of sp³-hybridized carbons (Fsp3) is 0.417. The zero-order valence-corrected chi connectivity index (χ0v) is 20.0. The number of ether oxygens (including phenoxy) is 2. The summed E-state index contributed by atoms with van der Waals surface area (Å²) in [5, 5.41) is 15.1. The number of methoxy groups -OCH3 is 1. The number of carbonyl (C=O) groups excluding carboxylic acids is 1. The molecule has 1 aliphatic rings. The molecule has 0 aromatic carbocycles. The zero-order valence-electron chi connectivity index (χ0n) is 20.0. The van der Waals surface area contributed by atoms with Crippen molar-refractivity contribution < 1.29 is 14.3 Å². The molecule has 34 heavy (non-hydrogen) atoms. The number of amides is 1. The van der Waals surface area contributed by atoms with Crippen molar-refractivity contribution in [2.45, 2.75) is 57.7 Å². The quantitative estimate of drug-likeness (QED) is 0.462. The van der Waals surface area contributed by atoms with E-state index in [1.807, 2.05) is 62.8 Å². The molecule has 10 heteroatoms. The third-order valence-corrected chi connectivity index (χ3v) is 5.89. The summed E-state index contributed by atoms with van der Waals surface area (Å²) in [5.74, 6) is 0.942. The molecule has 4 aromatic heterocycles. The first-order valence-corrected chi connectivity index (χ1v) is 11.3. The van der Waals surface area contributed by atoms with E-state index in [0.717, 1.165) is 22.2 Å². The molecule has 0 atom stereocenters. The average Bonchev–Trinajstić information content (AvgIpc) is 3.36. The lowest BCUT2D eigenvalue weighted by molar-refractivity contribution is -0.0414. The van der Waals surface area contributed by atoms with Crippen molar-refractivity contribution in [1.29, 1.82) is 0 Å². The molecule has 0 saturated heterocycles. The Hall–Kier alpha value is -3.82. The predicted octanol–water partition coefficient (Wildman–Crippen LogP) is 3.91. The Balaban J connectivity index is 1.32. The summed E-state index contributed by atoms with van der Waals surface area (Å²) in [5.41, 5.74) is 2.93. The second kappa shape index (κ2) is 7.89. The van der Waals surface area contributed by atoms with Crippen LogP contribution in [0.4, 0.5) is 10.7 Å². The Kier molecular flexibility index (Phi) is 5.11. The van der Waals surface area contributed by atoms with E-state index in [1.54, 1.807) is 17.8 Å². The van der Waals surface area contributed by atoms with E-state index >= 15 is 0 Å². The normalized spacial score (nSPS) is 20.2. The van der Waals surface area contributed by atoms with Crippen LogP contribution in [0.15, 0.2) is 42.9 Å². The van der Waals surface area contributed by atoms with E-state index < -0.39 is 11.7 Å². The SMILES string of the molecule is COc1nc(NC2CC(C)(OC(=O)NC(C)(C)C)C2)nn2ccc(-c3ccn4nccc4c3)c12. The lowest BCUT2D eigenvalue weighted by Crippen LogP contribution is -2.54. The number of rotatable bonds is 5. The second-order valence-electron chi connectivity index (χ2n) is 10.0. The summed E-state index contributed by atoms with van der Waals surface area (Å²) in [6.07, 6.45) is 6.52. The van der Waals surface area contributed by atoms with Crippen molar-refractivity contribution in [2.24, 2.45) is 0 Å². The summed E-state index contributed by atoms with van der Waals surface area (Å²) in [6.45, 7) is 7.70. The maximum Gasteiger partial charge on any atom is 0.408 e. The summed E-state index contributed by atoms with van der Waals surface area (Å²) in [6, 6.07) is 8.13. The van der Waals surface area contributed by atoms with Crippen LogP contribution in [0.2, 0.25) is 0 Å². The molecule has 4 heterocycles. The van der Waals surface area contributed by atoms with Gasteiger partial charge in [0.15, 0.2) is 0 Å². The topological polar surface area (TPSA) is 107 Å². The summed E-state index contributed by atoms with van der Waals surface area (Å²) < 4.78 is 14.9. The predicted molar refractivity (Wildman–Crippen MR) is 128 cm³/mol. The van der Waals surface area contributed by atoms with Gasteiger partial charge in [0, 0.05) is 48.6 Å². The van der Waals surface area contributed by atoms with Gasteiger partial charge in [0.2, 0.25) is 11.8 Å². The van der Waals surface area contributed by atoms with Crippen LogP contribution >= 0.6 is 0 Å². The monoisotopic (exact) mass is 463 g/mol. The van der Waals surface area contributed by atoms with Gasteiger partial charge >= 0.3 is 6.09 Å². The smallest absolute Gasteiger partial charge is 0.408 e. The minimum atomic E-state index is -0.520. The molecule has 10 nitrogen and oxygen atoms in total. The van der Waals surface area contributed by atoms with Gasteiger partial charge in [-0.1, -0.05) is 0 Å². The number of hydrogen-bond donors (Lipinski definition) is 2. The first-order chi connectivity index (χ1) is 16.1. The number of hydrogen-bond acceptors (Lipinski definition) is 7. The highest BCUT2D eigenvalue weighted by molar-refractivity contribution is 5.85.